The Morgan fingerprint density at radius 3 is 2.52 bits per heavy atom. The molecule has 1 heterocycles. The van der Waals surface area contributed by atoms with Crippen molar-refractivity contribution in [3.63, 3.8) is 0 Å². The number of rotatable bonds is 5. The Morgan fingerprint density at radius 1 is 1.39 bits per heavy atom. The van der Waals surface area contributed by atoms with Crippen LogP contribution in [-0.2, 0) is 9.59 Å². The van der Waals surface area contributed by atoms with Crippen LogP contribution >= 0.6 is 0 Å². The van der Waals surface area contributed by atoms with Gasteiger partial charge >= 0.3 is 0 Å². The number of hydrogen-bond acceptors (Lipinski definition) is 7. The van der Waals surface area contributed by atoms with E-state index in [1.165, 1.54) is 6.92 Å². The van der Waals surface area contributed by atoms with E-state index in [1.54, 1.807) is 19.9 Å². The van der Waals surface area contributed by atoms with Gasteiger partial charge in [0, 0.05) is 22.5 Å². The number of nitrogens with one attached hydrogen (secondary N) is 1. The Labute approximate surface area is 131 Å². The first-order chi connectivity index (χ1) is 10.8. The number of aromatic nitrogens is 2. The molecule has 0 bridgehead atoms. The van der Waals surface area contributed by atoms with Gasteiger partial charge in [0.15, 0.2) is 0 Å². The number of aliphatic imine (C=N–C) groups is 1. The standard InChI is InChI=1S/C13H15N7O3/c1-7-4-8(2)18-13(17-7)15-5-10(9(3)21)12(23)19-11(22)6-16-20-14/h4-5,21H,6H2,1-3H3,(H,19,22,23)/b10-9+,15-5+. The van der Waals surface area contributed by atoms with Crippen molar-refractivity contribution in [2.75, 3.05) is 6.54 Å². The molecule has 0 atom stereocenters. The highest BCUT2D eigenvalue weighted by atomic mass is 16.3. The van der Waals surface area contributed by atoms with Crippen LogP contribution in [0, 0.1) is 13.8 Å². The number of aliphatic hydroxyl groups is 1. The molecule has 1 aromatic heterocycles. The zero-order valence-corrected chi connectivity index (χ0v) is 12.8. The summed E-state index contributed by atoms with van der Waals surface area (Å²) in [5.41, 5.74) is 9.27. The van der Waals surface area contributed by atoms with Gasteiger partial charge in [0.1, 0.15) is 12.3 Å². The smallest absolute Gasteiger partial charge is 0.262 e. The number of carbonyl (C=O) groups excluding carboxylic acids is 2. The minimum Gasteiger partial charge on any atom is -0.512 e. The average molecular weight is 317 g/mol. The number of hydrogen-bond donors (Lipinski definition) is 2. The Balaban J connectivity index is 2.93. The Bertz CT molecular complexity index is 709. The van der Waals surface area contributed by atoms with E-state index in [4.69, 9.17) is 5.53 Å². The number of nitrogens with zero attached hydrogens (tertiary/aromatic N) is 6. The molecule has 1 aromatic rings. The third-order valence-electron chi connectivity index (χ3n) is 2.44. The van der Waals surface area contributed by atoms with E-state index in [9.17, 15) is 14.7 Å². The summed E-state index contributed by atoms with van der Waals surface area (Å²) < 4.78 is 0. The van der Waals surface area contributed by atoms with E-state index in [2.05, 4.69) is 25.0 Å². The lowest BCUT2D eigenvalue weighted by molar-refractivity contribution is -0.127. The summed E-state index contributed by atoms with van der Waals surface area (Å²) in [6.45, 7) is 4.27. The normalized spacial score (nSPS) is 11.6. The fraction of sp³-hybridized carbons (Fsp3) is 0.308. The number of aryl methyl sites for hydroxylation is 2. The number of carbonyl (C=O) groups is 2. The van der Waals surface area contributed by atoms with Crippen molar-refractivity contribution >= 4 is 24.0 Å². The maximum atomic E-state index is 11.9. The van der Waals surface area contributed by atoms with Crippen molar-refractivity contribution in [2.45, 2.75) is 20.8 Å². The van der Waals surface area contributed by atoms with Gasteiger partial charge in [-0.25, -0.2) is 15.0 Å². The zero-order valence-electron chi connectivity index (χ0n) is 12.8. The fourth-order valence-electron chi connectivity index (χ4n) is 1.53. The number of amides is 2. The highest BCUT2D eigenvalue weighted by Crippen LogP contribution is 2.08. The fourth-order valence-corrected chi connectivity index (χ4v) is 1.53. The van der Waals surface area contributed by atoms with E-state index < -0.39 is 18.4 Å². The Hall–Kier alpha value is -3.26. The van der Waals surface area contributed by atoms with Gasteiger partial charge in [-0.3, -0.25) is 14.9 Å². The number of azide groups is 1. The van der Waals surface area contributed by atoms with Crippen LogP contribution in [0.15, 0.2) is 27.5 Å². The molecule has 0 unspecified atom stereocenters. The lowest BCUT2D eigenvalue weighted by Crippen LogP contribution is -2.34. The first kappa shape index (κ1) is 17.8. The van der Waals surface area contributed by atoms with Gasteiger partial charge in [-0.05, 0) is 32.4 Å². The third-order valence-corrected chi connectivity index (χ3v) is 2.44. The second-order valence-corrected chi connectivity index (χ2v) is 4.47. The third kappa shape index (κ3) is 5.94. The van der Waals surface area contributed by atoms with Crippen LogP contribution in [-0.4, -0.2) is 39.6 Å². The van der Waals surface area contributed by atoms with Crippen molar-refractivity contribution < 1.29 is 14.7 Å². The predicted octanol–water partition coefficient (Wildman–Crippen LogP) is 1.58. The molecule has 0 saturated carbocycles. The topological polar surface area (TPSA) is 153 Å². The zero-order chi connectivity index (χ0) is 17.4. The predicted molar refractivity (Wildman–Crippen MR) is 82.1 cm³/mol. The van der Waals surface area contributed by atoms with Gasteiger partial charge in [0.05, 0.1) is 5.57 Å². The first-order valence-corrected chi connectivity index (χ1v) is 6.44. The van der Waals surface area contributed by atoms with E-state index in [-0.39, 0.29) is 17.3 Å². The number of allylic oxidation sites excluding steroid dienone is 1. The summed E-state index contributed by atoms with van der Waals surface area (Å²) >= 11 is 0. The first-order valence-electron chi connectivity index (χ1n) is 6.44. The molecule has 10 heteroatoms. The highest BCUT2D eigenvalue weighted by molar-refractivity contribution is 6.17. The lowest BCUT2D eigenvalue weighted by Gasteiger charge is -2.04. The van der Waals surface area contributed by atoms with Crippen molar-refractivity contribution in [1.29, 1.82) is 0 Å². The van der Waals surface area contributed by atoms with E-state index in [0.717, 1.165) is 6.21 Å². The van der Waals surface area contributed by atoms with Crippen molar-refractivity contribution in [2.24, 2.45) is 10.1 Å². The Morgan fingerprint density at radius 2 is 2.00 bits per heavy atom. The summed E-state index contributed by atoms with van der Waals surface area (Å²) in [4.78, 5) is 37.7. The van der Waals surface area contributed by atoms with Crippen LogP contribution in [0.25, 0.3) is 10.4 Å². The van der Waals surface area contributed by atoms with Crippen LogP contribution in [0.4, 0.5) is 5.95 Å². The second kappa shape index (κ2) is 8.25. The van der Waals surface area contributed by atoms with Gasteiger partial charge in [-0.15, -0.1) is 0 Å². The van der Waals surface area contributed by atoms with Crippen molar-refractivity contribution in [3.05, 3.63) is 39.2 Å². The van der Waals surface area contributed by atoms with E-state index in [1.807, 2.05) is 5.32 Å². The van der Waals surface area contributed by atoms with Crippen molar-refractivity contribution in [1.82, 2.24) is 15.3 Å². The van der Waals surface area contributed by atoms with Crippen molar-refractivity contribution in [3.8, 4) is 0 Å². The van der Waals surface area contributed by atoms with Crippen LogP contribution in [0.5, 0.6) is 0 Å². The van der Waals surface area contributed by atoms with Crippen LogP contribution in [0.2, 0.25) is 0 Å². The largest absolute Gasteiger partial charge is 0.512 e. The molecule has 0 spiro atoms. The highest BCUT2D eigenvalue weighted by Gasteiger charge is 2.14. The summed E-state index contributed by atoms with van der Waals surface area (Å²) in [6.07, 6.45) is 1.06. The van der Waals surface area contributed by atoms with Gasteiger partial charge < -0.3 is 5.11 Å². The molecule has 23 heavy (non-hydrogen) atoms. The van der Waals surface area contributed by atoms with E-state index in [0.29, 0.717) is 11.4 Å². The lowest BCUT2D eigenvalue weighted by atomic mass is 10.2. The van der Waals surface area contributed by atoms with E-state index >= 15 is 0 Å². The molecule has 0 aliphatic heterocycles. The SMILES string of the molecule is C/C(O)=C(/C=N/c1nc(C)cc(C)n1)C(=O)NC(=O)CN=[N+]=[N-]. The molecule has 0 aromatic carbocycles. The summed E-state index contributed by atoms with van der Waals surface area (Å²) in [6, 6.07) is 1.76. The molecule has 0 fully saturated rings. The molecule has 0 radical (unpaired) electrons. The van der Waals surface area contributed by atoms with Crippen LogP contribution in [0.3, 0.4) is 0 Å². The van der Waals surface area contributed by atoms with Crippen LogP contribution in [0.1, 0.15) is 18.3 Å². The maximum absolute atomic E-state index is 11.9. The Kier molecular flexibility index (Phi) is 6.38. The summed E-state index contributed by atoms with van der Waals surface area (Å²) in [7, 11) is 0. The molecule has 120 valence electrons. The minimum atomic E-state index is -0.878. The van der Waals surface area contributed by atoms with Gasteiger partial charge in [0.2, 0.25) is 11.9 Å². The molecular formula is C13H15N7O3. The number of imide groups is 1. The van der Waals surface area contributed by atoms with Gasteiger partial charge in [-0.1, -0.05) is 5.11 Å². The van der Waals surface area contributed by atoms with Crippen LogP contribution < -0.4 is 5.32 Å². The maximum Gasteiger partial charge on any atom is 0.262 e. The second-order valence-electron chi connectivity index (χ2n) is 4.47. The van der Waals surface area contributed by atoms with Gasteiger partial charge in [0.25, 0.3) is 5.91 Å². The molecule has 0 saturated heterocycles. The molecule has 2 N–H and O–H groups in total. The molecule has 0 aliphatic carbocycles. The number of aliphatic hydroxyl groups excluding tert-OH is 1. The molecule has 2 amide bonds. The molecule has 0 aliphatic rings. The molecule has 10 nitrogen and oxygen atoms in total. The summed E-state index contributed by atoms with van der Waals surface area (Å²) in [5.74, 6) is -1.90. The van der Waals surface area contributed by atoms with Gasteiger partial charge in [-0.2, -0.15) is 0 Å². The quantitative estimate of drug-likeness (QED) is 0.211. The molecule has 1 rings (SSSR count). The minimum absolute atomic E-state index is 0.120. The summed E-state index contributed by atoms with van der Waals surface area (Å²) in [5, 5.41) is 14.5. The average Bonchev–Trinajstić information content (AvgIpc) is 2.43. The monoisotopic (exact) mass is 317 g/mol. The molecular weight excluding hydrogens is 302 g/mol.